The molecule has 4 nitrogen and oxygen atoms in total. The molecule has 1 aromatic heterocycles. The predicted molar refractivity (Wildman–Crippen MR) is 77.0 cm³/mol. The normalized spacial score (nSPS) is 17.3. The van der Waals surface area contributed by atoms with E-state index in [0.29, 0.717) is 11.7 Å². The Kier molecular flexibility index (Phi) is 2.71. The fourth-order valence-corrected chi connectivity index (χ4v) is 2.62. The van der Waals surface area contributed by atoms with Crippen LogP contribution < -0.4 is 10.6 Å². The Morgan fingerprint density at radius 2 is 2.05 bits per heavy atom. The number of para-hydroxylation sites is 1. The molecule has 0 radical (unpaired) electrons. The third kappa shape index (κ3) is 1.95. The molecule has 3 N–H and O–H groups in total. The summed E-state index contributed by atoms with van der Waals surface area (Å²) in [6.07, 6.45) is 1.02. The Hall–Kier alpha value is -2.36. The SMILES string of the molecule is CC1Cc2ccccc2N1c1cccc(C(=N)N)n1. The smallest absolute Gasteiger partial charge is 0.141 e. The van der Waals surface area contributed by atoms with Gasteiger partial charge in [0, 0.05) is 11.7 Å². The zero-order chi connectivity index (χ0) is 13.4. The van der Waals surface area contributed by atoms with Gasteiger partial charge in [0.05, 0.1) is 0 Å². The largest absolute Gasteiger partial charge is 0.382 e. The summed E-state index contributed by atoms with van der Waals surface area (Å²) in [5, 5.41) is 7.49. The second kappa shape index (κ2) is 4.39. The minimum absolute atomic E-state index is 0.00184. The average Bonchev–Trinajstić information content (AvgIpc) is 2.74. The van der Waals surface area contributed by atoms with Gasteiger partial charge in [-0.3, -0.25) is 5.41 Å². The number of fused-ring (bicyclic) bond motifs is 1. The van der Waals surface area contributed by atoms with Crippen LogP contribution in [0, 0.1) is 5.41 Å². The van der Waals surface area contributed by atoms with Crippen LogP contribution in [0.3, 0.4) is 0 Å². The van der Waals surface area contributed by atoms with Crippen molar-refractivity contribution in [2.75, 3.05) is 4.90 Å². The quantitative estimate of drug-likeness (QED) is 0.637. The number of pyridine rings is 1. The molecule has 96 valence electrons. The van der Waals surface area contributed by atoms with Crippen LogP contribution in [0.25, 0.3) is 0 Å². The van der Waals surface area contributed by atoms with Gasteiger partial charge < -0.3 is 10.6 Å². The van der Waals surface area contributed by atoms with E-state index < -0.39 is 0 Å². The van der Waals surface area contributed by atoms with Crippen LogP contribution in [0.2, 0.25) is 0 Å². The van der Waals surface area contributed by atoms with Crippen molar-refractivity contribution in [3.05, 3.63) is 53.7 Å². The maximum absolute atomic E-state index is 7.49. The molecule has 1 aliphatic rings. The molecule has 0 amide bonds. The Balaban J connectivity index is 2.07. The van der Waals surface area contributed by atoms with E-state index in [4.69, 9.17) is 11.1 Å². The molecule has 4 heteroatoms. The summed E-state index contributed by atoms with van der Waals surface area (Å²) < 4.78 is 0. The number of benzene rings is 1. The first-order chi connectivity index (χ1) is 9.16. The second-order valence-electron chi connectivity index (χ2n) is 4.85. The summed E-state index contributed by atoms with van der Waals surface area (Å²) in [6, 6.07) is 14.4. The molecule has 1 aliphatic heterocycles. The standard InChI is InChI=1S/C15H16N4/c1-10-9-11-5-2-3-7-13(11)19(10)14-8-4-6-12(18-14)15(16)17/h2-8,10H,9H2,1H3,(H3,16,17). The summed E-state index contributed by atoms with van der Waals surface area (Å²) in [5.41, 5.74) is 8.57. The Morgan fingerprint density at radius 1 is 1.26 bits per heavy atom. The monoisotopic (exact) mass is 252 g/mol. The summed E-state index contributed by atoms with van der Waals surface area (Å²) in [5.74, 6) is 0.854. The van der Waals surface area contributed by atoms with Gasteiger partial charge >= 0.3 is 0 Å². The maximum Gasteiger partial charge on any atom is 0.141 e. The number of hydrogen-bond donors (Lipinski definition) is 2. The third-order valence-corrected chi connectivity index (χ3v) is 3.46. The third-order valence-electron chi connectivity index (χ3n) is 3.46. The first-order valence-electron chi connectivity index (χ1n) is 6.35. The lowest BCUT2D eigenvalue weighted by Crippen LogP contribution is -2.25. The van der Waals surface area contributed by atoms with E-state index in [9.17, 15) is 0 Å². The fourth-order valence-electron chi connectivity index (χ4n) is 2.62. The minimum Gasteiger partial charge on any atom is -0.382 e. The highest BCUT2D eigenvalue weighted by molar-refractivity contribution is 5.93. The molecule has 0 saturated carbocycles. The van der Waals surface area contributed by atoms with Crippen molar-refractivity contribution in [1.82, 2.24) is 4.98 Å². The van der Waals surface area contributed by atoms with E-state index in [0.717, 1.165) is 12.2 Å². The van der Waals surface area contributed by atoms with E-state index >= 15 is 0 Å². The van der Waals surface area contributed by atoms with Gasteiger partial charge in [-0.1, -0.05) is 24.3 Å². The molecule has 19 heavy (non-hydrogen) atoms. The molecule has 0 saturated heterocycles. The molecule has 1 atom stereocenters. The number of anilines is 2. The topological polar surface area (TPSA) is 66.0 Å². The highest BCUT2D eigenvalue weighted by Crippen LogP contribution is 2.36. The van der Waals surface area contributed by atoms with Gasteiger partial charge in [0.2, 0.25) is 0 Å². The number of nitrogens with zero attached hydrogens (tertiary/aromatic N) is 2. The van der Waals surface area contributed by atoms with Crippen LogP contribution in [-0.2, 0) is 6.42 Å². The lowest BCUT2D eigenvalue weighted by Gasteiger charge is -2.24. The summed E-state index contributed by atoms with van der Waals surface area (Å²) in [7, 11) is 0. The van der Waals surface area contributed by atoms with Crippen LogP contribution in [0.15, 0.2) is 42.5 Å². The molecule has 2 aromatic rings. The first kappa shape index (κ1) is 11.7. The van der Waals surface area contributed by atoms with Gasteiger partial charge in [0.25, 0.3) is 0 Å². The van der Waals surface area contributed by atoms with Crippen LogP contribution >= 0.6 is 0 Å². The van der Waals surface area contributed by atoms with Crippen LogP contribution in [0.4, 0.5) is 11.5 Å². The Bertz CT molecular complexity index is 636. The fraction of sp³-hybridized carbons (Fsp3) is 0.200. The molecule has 1 aromatic carbocycles. The molecule has 2 heterocycles. The lowest BCUT2D eigenvalue weighted by molar-refractivity contribution is 0.750. The highest BCUT2D eigenvalue weighted by atomic mass is 15.2. The molecular weight excluding hydrogens is 236 g/mol. The van der Waals surface area contributed by atoms with Crippen molar-refractivity contribution < 1.29 is 0 Å². The number of nitrogen functional groups attached to an aromatic ring is 1. The van der Waals surface area contributed by atoms with E-state index in [1.54, 1.807) is 6.07 Å². The highest BCUT2D eigenvalue weighted by Gasteiger charge is 2.27. The van der Waals surface area contributed by atoms with Gasteiger partial charge in [-0.25, -0.2) is 4.98 Å². The number of amidine groups is 1. The summed E-state index contributed by atoms with van der Waals surface area (Å²) in [6.45, 7) is 2.18. The van der Waals surface area contributed by atoms with Crippen molar-refractivity contribution >= 4 is 17.3 Å². The molecule has 1 unspecified atom stereocenters. The number of nitrogens with two attached hydrogens (primary N) is 1. The molecule has 0 aliphatic carbocycles. The van der Waals surface area contributed by atoms with E-state index in [-0.39, 0.29) is 5.84 Å². The van der Waals surface area contributed by atoms with Crippen molar-refractivity contribution in [2.45, 2.75) is 19.4 Å². The predicted octanol–water partition coefficient (Wildman–Crippen LogP) is 2.45. The van der Waals surface area contributed by atoms with Gasteiger partial charge in [0.15, 0.2) is 0 Å². The minimum atomic E-state index is 0.00184. The van der Waals surface area contributed by atoms with E-state index in [1.165, 1.54) is 11.3 Å². The van der Waals surface area contributed by atoms with Gasteiger partial charge in [0.1, 0.15) is 17.3 Å². The van der Waals surface area contributed by atoms with Crippen LogP contribution in [-0.4, -0.2) is 16.9 Å². The number of hydrogen-bond acceptors (Lipinski definition) is 3. The number of aromatic nitrogens is 1. The molecular formula is C15H16N4. The van der Waals surface area contributed by atoms with Gasteiger partial charge in [-0.2, -0.15) is 0 Å². The van der Waals surface area contributed by atoms with Crippen LogP contribution in [0.1, 0.15) is 18.2 Å². The Morgan fingerprint density at radius 3 is 2.84 bits per heavy atom. The average molecular weight is 252 g/mol. The van der Waals surface area contributed by atoms with Crippen molar-refractivity contribution in [1.29, 1.82) is 5.41 Å². The van der Waals surface area contributed by atoms with Gasteiger partial charge in [-0.05, 0) is 37.1 Å². The van der Waals surface area contributed by atoms with Crippen LogP contribution in [0.5, 0.6) is 0 Å². The Labute approximate surface area is 112 Å². The van der Waals surface area contributed by atoms with Gasteiger partial charge in [-0.15, -0.1) is 0 Å². The summed E-state index contributed by atoms with van der Waals surface area (Å²) in [4.78, 5) is 6.69. The molecule has 0 bridgehead atoms. The number of rotatable bonds is 2. The number of nitrogens with one attached hydrogen (secondary N) is 1. The first-order valence-corrected chi connectivity index (χ1v) is 6.35. The zero-order valence-corrected chi connectivity index (χ0v) is 10.8. The maximum atomic E-state index is 7.49. The molecule has 3 rings (SSSR count). The van der Waals surface area contributed by atoms with Crippen molar-refractivity contribution in [3.63, 3.8) is 0 Å². The van der Waals surface area contributed by atoms with E-state index in [2.05, 4.69) is 35.0 Å². The molecule has 0 spiro atoms. The van der Waals surface area contributed by atoms with E-state index in [1.807, 2.05) is 18.2 Å². The second-order valence-corrected chi connectivity index (χ2v) is 4.85. The zero-order valence-electron chi connectivity index (χ0n) is 10.8. The molecule has 0 fully saturated rings. The van der Waals surface area contributed by atoms with Crippen molar-refractivity contribution in [3.8, 4) is 0 Å². The lowest BCUT2D eigenvalue weighted by atomic mass is 10.1. The van der Waals surface area contributed by atoms with Crippen molar-refractivity contribution in [2.24, 2.45) is 5.73 Å². The summed E-state index contributed by atoms with van der Waals surface area (Å²) >= 11 is 0.